The van der Waals surface area contributed by atoms with Gasteiger partial charge in [0.1, 0.15) is 6.11 Å². The Balaban J connectivity index is 3.65. The quantitative estimate of drug-likeness (QED) is 0.412. The Morgan fingerprint density at radius 1 is 2.00 bits per heavy atom. The van der Waals surface area contributed by atoms with Crippen LogP contribution in [-0.2, 0) is 9.09 Å². The molecule has 7 heavy (non-hydrogen) atoms. The van der Waals surface area contributed by atoms with Gasteiger partial charge in [0.15, 0.2) is 0 Å². The third-order valence-electron chi connectivity index (χ3n) is 0.165. The molecular formula is C2H2FO3P. The Hall–Kier alpha value is -0.520. The standard InChI is InChI=1S/C2H2FO3P/c1-2-6-7(3,4)5/h1H,(H,4,5). The van der Waals surface area contributed by atoms with Crippen LogP contribution in [0, 0.1) is 12.5 Å². The number of hydrogen-bond acceptors (Lipinski definition) is 2. The molecule has 1 unspecified atom stereocenters. The maximum absolute atomic E-state index is 11.1. The molecule has 0 amide bonds. The van der Waals surface area contributed by atoms with Gasteiger partial charge in [-0.05, 0) is 0 Å². The molecule has 0 fully saturated rings. The van der Waals surface area contributed by atoms with Gasteiger partial charge in [-0.15, -0.1) is 4.20 Å². The molecule has 3 nitrogen and oxygen atoms in total. The number of hydrogen-bond donors (Lipinski definition) is 1. The van der Waals surface area contributed by atoms with Crippen molar-refractivity contribution in [1.82, 2.24) is 0 Å². The highest BCUT2D eigenvalue weighted by atomic mass is 31.2. The minimum Gasteiger partial charge on any atom is -0.347 e. The molecule has 0 aliphatic rings. The van der Waals surface area contributed by atoms with Crippen LogP contribution in [0.3, 0.4) is 0 Å². The fourth-order valence-electron chi connectivity index (χ4n) is 0.0650. The van der Waals surface area contributed by atoms with Gasteiger partial charge >= 0.3 is 7.91 Å². The highest BCUT2D eigenvalue weighted by Gasteiger charge is 2.15. The van der Waals surface area contributed by atoms with Crippen molar-refractivity contribution in [1.29, 1.82) is 0 Å². The summed E-state index contributed by atoms with van der Waals surface area (Å²) < 4.78 is 23.7. The molecule has 0 saturated carbocycles. The summed E-state index contributed by atoms with van der Waals surface area (Å²) in [6.45, 7) is 0. The molecule has 1 N–H and O–H groups in total. The zero-order valence-electron chi connectivity index (χ0n) is 3.17. The van der Waals surface area contributed by atoms with E-state index in [9.17, 15) is 8.76 Å². The number of terminal acetylenes is 1. The molecule has 0 saturated heterocycles. The van der Waals surface area contributed by atoms with E-state index in [0.29, 0.717) is 0 Å². The zero-order valence-corrected chi connectivity index (χ0v) is 4.06. The second kappa shape index (κ2) is 1.97. The van der Waals surface area contributed by atoms with Gasteiger partial charge in [-0.2, -0.15) is 0 Å². The molecule has 0 aromatic carbocycles. The van der Waals surface area contributed by atoms with Crippen molar-refractivity contribution in [2.24, 2.45) is 0 Å². The lowest BCUT2D eigenvalue weighted by atomic mass is 11.3. The minimum absolute atomic E-state index is 1.22. The van der Waals surface area contributed by atoms with Crippen molar-refractivity contribution in [3.05, 3.63) is 0 Å². The first kappa shape index (κ1) is 6.48. The van der Waals surface area contributed by atoms with E-state index in [1.54, 1.807) is 0 Å². The van der Waals surface area contributed by atoms with Gasteiger partial charge < -0.3 is 4.52 Å². The highest BCUT2D eigenvalue weighted by molar-refractivity contribution is 7.47. The third kappa shape index (κ3) is 5.48. The molecule has 1 atom stereocenters. The van der Waals surface area contributed by atoms with Gasteiger partial charge in [-0.1, -0.05) is 6.42 Å². The van der Waals surface area contributed by atoms with E-state index in [1.165, 1.54) is 6.11 Å². The smallest absolute Gasteiger partial charge is 0.347 e. The lowest BCUT2D eigenvalue weighted by Crippen LogP contribution is -1.69. The molecule has 5 heteroatoms. The van der Waals surface area contributed by atoms with Gasteiger partial charge in [0, 0.05) is 0 Å². The van der Waals surface area contributed by atoms with Crippen LogP contribution in [0.4, 0.5) is 4.20 Å². The maximum atomic E-state index is 11.1. The average Bonchev–Trinajstić information content (AvgIpc) is 1.30. The van der Waals surface area contributed by atoms with E-state index in [4.69, 9.17) is 4.89 Å². The fourth-order valence-corrected chi connectivity index (χ4v) is 0.195. The molecule has 0 aromatic rings. The molecule has 40 valence electrons. The number of halogens is 1. The van der Waals surface area contributed by atoms with Crippen LogP contribution in [0.15, 0.2) is 0 Å². The molecule has 0 rings (SSSR count). The molecule has 0 spiro atoms. The Morgan fingerprint density at radius 2 is 2.43 bits per heavy atom. The van der Waals surface area contributed by atoms with Crippen molar-refractivity contribution in [2.45, 2.75) is 0 Å². The summed E-state index contributed by atoms with van der Waals surface area (Å²) >= 11 is 0. The van der Waals surface area contributed by atoms with Gasteiger partial charge in [-0.25, -0.2) is 4.57 Å². The van der Waals surface area contributed by atoms with E-state index in [0.717, 1.165) is 0 Å². The van der Waals surface area contributed by atoms with E-state index in [-0.39, 0.29) is 0 Å². The van der Waals surface area contributed by atoms with Crippen molar-refractivity contribution in [3.63, 3.8) is 0 Å². The Labute approximate surface area is 39.8 Å². The van der Waals surface area contributed by atoms with Crippen LogP contribution in [0.5, 0.6) is 0 Å². The van der Waals surface area contributed by atoms with Crippen molar-refractivity contribution in [2.75, 3.05) is 0 Å². The Kier molecular flexibility index (Phi) is 1.82. The van der Waals surface area contributed by atoms with E-state index in [1.807, 2.05) is 0 Å². The summed E-state index contributed by atoms with van der Waals surface area (Å²) in [5.74, 6) is 0. The predicted octanol–water partition coefficient (Wildman–Crippen LogP) is 0.664. The molecule has 0 aromatic heterocycles. The van der Waals surface area contributed by atoms with Gasteiger partial charge in [0.25, 0.3) is 0 Å². The Bertz CT molecular complexity index is 130. The topological polar surface area (TPSA) is 46.5 Å². The van der Waals surface area contributed by atoms with E-state index in [2.05, 4.69) is 10.9 Å². The maximum Gasteiger partial charge on any atom is 0.575 e. The third-order valence-corrected chi connectivity index (χ3v) is 0.496. The van der Waals surface area contributed by atoms with E-state index < -0.39 is 7.91 Å². The van der Waals surface area contributed by atoms with Crippen LogP contribution in [0.1, 0.15) is 0 Å². The van der Waals surface area contributed by atoms with E-state index >= 15 is 0 Å². The molecule has 0 radical (unpaired) electrons. The van der Waals surface area contributed by atoms with Crippen molar-refractivity contribution in [3.8, 4) is 12.5 Å². The van der Waals surface area contributed by atoms with Crippen molar-refractivity contribution >= 4 is 7.91 Å². The van der Waals surface area contributed by atoms with Gasteiger partial charge in [-0.3, -0.25) is 4.89 Å². The second-order valence-electron chi connectivity index (χ2n) is 0.661. The normalized spacial score (nSPS) is 16.7. The SMILES string of the molecule is C#COP(=O)(O)F. The van der Waals surface area contributed by atoms with Crippen LogP contribution < -0.4 is 0 Å². The van der Waals surface area contributed by atoms with Gasteiger partial charge in [0.2, 0.25) is 0 Å². The largest absolute Gasteiger partial charge is 0.575 e. The minimum atomic E-state index is -4.90. The summed E-state index contributed by atoms with van der Waals surface area (Å²) in [5, 5.41) is 0. The zero-order chi connectivity index (χ0) is 5.91. The number of rotatable bonds is 1. The average molecular weight is 124 g/mol. The monoisotopic (exact) mass is 124 g/mol. The molecule has 0 aliphatic heterocycles. The summed E-state index contributed by atoms with van der Waals surface area (Å²) in [7, 11) is -4.90. The summed E-state index contributed by atoms with van der Waals surface area (Å²) in [5.41, 5.74) is 0. The highest BCUT2D eigenvalue weighted by Crippen LogP contribution is 2.42. The molecule has 0 aliphatic carbocycles. The summed E-state index contributed by atoms with van der Waals surface area (Å²) in [6, 6.07) is 0. The van der Waals surface area contributed by atoms with Crippen LogP contribution in [0.2, 0.25) is 0 Å². The second-order valence-corrected chi connectivity index (χ2v) is 1.75. The first-order valence-corrected chi connectivity index (χ1v) is 2.70. The first-order chi connectivity index (χ1) is 3.06. The summed E-state index contributed by atoms with van der Waals surface area (Å²) in [6.07, 6.45) is 5.49. The van der Waals surface area contributed by atoms with Crippen molar-refractivity contribution < 1.29 is 18.2 Å². The Morgan fingerprint density at radius 3 is 2.43 bits per heavy atom. The molecule has 0 heterocycles. The van der Waals surface area contributed by atoms with Gasteiger partial charge in [0.05, 0.1) is 0 Å². The lowest BCUT2D eigenvalue weighted by Gasteiger charge is -1.90. The first-order valence-electron chi connectivity index (χ1n) is 1.23. The van der Waals surface area contributed by atoms with Crippen LogP contribution >= 0.6 is 7.91 Å². The van der Waals surface area contributed by atoms with Crippen LogP contribution in [-0.4, -0.2) is 4.89 Å². The molecular weight excluding hydrogens is 122 g/mol. The summed E-state index contributed by atoms with van der Waals surface area (Å²) in [4.78, 5) is 7.54. The van der Waals surface area contributed by atoms with Crippen LogP contribution in [0.25, 0.3) is 0 Å². The molecule has 0 bridgehead atoms. The lowest BCUT2D eigenvalue weighted by molar-refractivity contribution is 0.315. The fraction of sp³-hybridized carbons (Fsp3) is 0. The predicted molar refractivity (Wildman–Crippen MR) is 20.9 cm³/mol.